The second-order valence-electron chi connectivity index (χ2n) is 7.02. The van der Waals surface area contributed by atoms with Gasteiger partial charge in [0.05, 0.1) is 10.6 Å². The molecular formula is C22H17N3O6S. The Morgan fingerprint density at radius 1 is 0.969 bits per heavy atom. The summed E-state index contributed by atoms with van der Waals surface area (Å²) < 4.78 is 28.5. The maximum atomic E-state index is 13.0. The van der Waals surface area contributed by atoms with Gasteiger partial charge in [-0.2, -0.15) is 0 Å². The van der Waals surface area contributed by atoms with Crippen LogP contribution in [-0.4, -0.2) is 26.3 Å². The molecule has 0 aliphatic carbocycles. The number of anilines is 1. The molecule has 10 heteroatoms. The van der Waals surface area contributed by atoms with Crippen molar-refractivity contribution in [3.63, 3.8) is 0 Å². The molecule has 0 radical (unpaired) electrons. The number of amides is 4. The number of urea groups is 1. The van der Waals surface area contributed by atoms with Crippen molar-refractivity contribution in [1.29, 1.82) is 0 Å². The van der Waals surface area contributed by atoms with Crippen LogP contribution in [0.4, 0.5) is 10.5 Å². The first-order valence-corrected chi connectivity index (χ1v) is 10.9. The number of benzene rings is 2. The molecule has 0 saturated carbocycles. The maximum Gasteiger partial charge on any atom is 0.335 e. The van der Waals surface area contributed by atoms with Gasteiger partial charge in [0.2, 0.25) is 10.0 Å². The lowest BCUT2D eigenvalue weighted by Crippen LogP contribution is -2.54. The number of rotatable bonds is 4. The van der Waals surface area contributed by atoms with Crippen LogP contribution in [0, 0.1) is 6.92 Å². The van der Waals surface area contributed by atoms with Gasteiger partial charge in [0.25, 0.3) is 11.8 Å². The van der Waals surface area contributed by atoms with Crippen molar-refractivity contribution in [2.24, 2.45) is 5.14 Å². The number of hydrogen-bond donors (Lipinski definition) is 2. The number of nitrogens with two attached hydrogens (primary N) is 1. The molecule has 4 amide bonds. The van der Waals surface area contributed by atoms with Crippen molar-refractivity contribution in [2.75, 3.05) is 4.90 Å². The van der Waals surface area contributed by atoms with Crippen LogP contribution in [0.2, 0.25) is 0 Å². The van der Waals surface area contributed by atoms with Crippen LogP contribution in [0.5, 0.6) is 0 Å². The molecule has 2 heterocycles. The quantitative estimate of drug-likeness (QED) is 0.462. The monoisotopic (exact) mass is 451 g/mol. The molecule has 1 aliphatic rings. The molecule has 3 N–H and O–H groups in total. The van der Waals surface area contributed by atoms with E-state index >= 15 is 0 Å². The molecule has 0 unspecified atom stereocenters. The topological polar surface area (TPSA) is 140 Å². The fourth-order valence-corrected chi connectivity index (χ4v) is 3.74. The standard InChI is InChI=1S/C22H17N3O6S/c1-13-4-2-3-5-18(13)25-21(27)17(20(26)24-22(25)28)12-15-8-11-19(31-15)14-6-9-16(10-7-14)32(23,29)30/h2-12H,1H3,(H2,23,29,30)(H,24,26,28). The van der Waals surface area contributed by atoms with Crippen LogP contribution >= 0.6 is 0 Å². The third-order valence-electron chi connectivity index (χ3n) is 4.84. The van der Waals surface area contributed by atoms with E-state index in [1.807, 2.05) is 0 Å². The highest BCUT2D eigenvalue weighted by Gasteiger charge is 2.37. The smallest absolute Gasteiger partial charge is 0.335 e. The summed E-state index contributed by atoms with van der Waals surface area (Å²) in [5.41, 5.74) is 1.35. The number of aryl methyl sites for hydroxylation is 1. The minimum atomic E-state index is -3.82. The molecule has 1 aliphatic heterocycles. The molecular weight excluding hydrogens is 434 g/mol. The Morgan fingerprint density at radius 2 is 1.66 bits per heavy atom. The van der Waals surface area contributed by atoms with Crippen LogP contribution in [0.15, 0.2) is 75.5 Å². The fraction of sp³-hybridized carbons (Fsp3) is 0.0455. The van der Waals surface area contributed by atoms with Gasteiger partial charge in [-0.25, -0.2) is 23.3 Å². The number of sulfonamides is 1. The minimum Gasteiger partial charge on any atom is -0.457 e. The summed E-state index contributed by atoms with van der Waals surface area (Å²) in [5, 5.41) is 7.26. The zero-order valence-electron chi connectivity index (χ0n) is 16.7. The lowest BCUT2D eigenvalue weighted by atomic mass is 10.1. The van der Waals surface area contributed by atoms with Gasteiger partial charge < -0.3 is 4.42 Å². The zero-order chi connectivity index (χ0) is 23.0. The Hall–Kier alpha value is -4.02. The molecule has 2 aromatic carbocycles. The van der Waals surface area contributed by atoms with Gasteiger partial charge in [0, 0.05) is 5.56 Å². The van der Waals surface area contributed by atoms with Crippen LogP contribution in [0.25, 0.3) is 17.4 Å². The molecule has 0 spiro atoms. The normalized spacial score (nSPS) is 15.9. The zero-order valence-corrected chi connectivity index (χ0v) is 17.5. The van der Waals surface area contributed by atoms with Gasteiger partial charge in [-0.1, -0.05) is 18.2 Å². The van der Waals surface area contributed by atoms with E-state index in [9.17, 15) is 22.8 Å². The molecule has 4 rings (SSSR count). The summed E-state index contributed by atoms with van der Waals surface area (Å²) in [6.07, 6.45) is 1.25. The van der Waals surface area contributed by atoms with Crippen molar-refractivity contribution in [3.05, 3.63) is 77.6 Å². The number of carbonyl (C=O) groups is 3. The van der Waals surface area contributed by atoms with E-state index in [0.29, 0.717) is 22.6 Å². The van der Waals surface area contributed by atoms with E-state index in [1.165, 1.54) is 30.3 Å². The maximum absolute atomic E-state index is 13.0. The first kappa shape index (κ1) is 21.2. The minimum absolute atomic E-state index is 0.0411. The highest BCUT2D eigenvalue weighted by molar-refractivity contribution is 7.89. The van der Waals surface area contributed by atoms with Crippen LogP contribution in [0.1, 0.15) is 11.3 Å². The first-order chi connectivity index (χ1) is 15.1. The fourth-order valence-electron chi connectivity index (χ4n) is 3.23. The molecule has 162 valence electrons. The van der Waals surface area contributed by atoms with Gasteiger partial charge in [0.15, 0.2) is 0 Å². The second kappa shape index (κ2) is 7.91. The van der Waals surface area contributed by atoms with Gasteiger partial charge in [0.1, 0.15) is 17.1 Å². The van der Waals surface area contributed by atoms with Crippen molar-refractivity contribution in [2.45, 2.75) is 11.8 Å². The lowest BCUT2D eigenvalue weighted by molar-refractivity contribution is -0.122. The number of nitrogens with zero attached hydrogens (tertiary/aromatic N) is 1. The highest BCUT2D eigenvalue weighted by Crippen LogP contribution is 2.27. The highest BCUT2D eigenvalue weighted by atomic mass is 32.2. The largest absolute Gasteiger partial charge is 0.457 e. The Morgan fingerprint density at radius 3 is 2.31 bits per heavy atom. The van der Waals surface area contributed by atoms with Gasteiger partial charge in [-0.15, -0.1) is 0 Å². The molecule has 1 saturated heterocycles. The van der Waals surface area contributed by atoms with E-state index in [1.54, 1.807) is 43.3 Å². The second-order valence-corrected chi connectivity index (χ2v) is 8.58. The first-order valence-electron chi connectivity index (χ1n) is 9.35. The van der Waals surface area contributed by atoms with Crippen molar-refractivity contribution >= 4 is 39.6 Å². The van der Waals surface area contributed by atoms with Crippen molar-refractivity contribution in [1.82, 2.24) is 5.32 Å². The number of barbiturate groups is 1. The molecule has 32 heavy (non-hydrogen) atoms. The van der Waals surface area contributed by atoms with E-state index in [-0.39, 0.29) is 16.2 Å². The Labute approximate surface area is 183 Å². The van der Waals surface area contributed by atoms with Gasteiger partial charge in [-0.05, 0) is 61.0 Å². The summed E-state index contributed by atoms with van der Waals surface area (Å²) in [6.45, 7) is 1.75. The summed E-state index contributed by atoms with van der Waals surface area (Å²) >= 11 is 0. The number of furan rings is 1. The average molecular weight is 451 g/mol. The number of imide groups is 2. The molecule has 9 nitrogen and oxygen atoms in total. The number of hydrogen-bond acceptors (Lipinski definition) is 6. The summed E-state index contributed by atoms with van der Waals surface area (Å²) in [4.78, 5) is 38.5. The molecule has 1 aromatic heterocycles. The Balaban J connectivity index is 1.66. The summed E-state index contributed by atoms with van der Waals surface area (Å²) in [5.74, 6) is -1.02. The summed E-state index contributed by atoms with van der Waals surface area (Å²) in [6, 6.07) is 14.9. The Bertz CT molecular complexity index is 1390. The number of primary sulfonamides is 1. The molecule has 0 bridgehead atoms. The van der Waals surface area contributed by atoms with Gasteiger partial charge in [-0.3, -0.25) is 14.9 Å². The van der Waals surface area contributed by atoms with Crippen molar-refractivity contribution in [3.8, 4) is 11.3 Å². The third-order valence-corrected chi connectivity index (χ3v) is 5.77. The number of nitrogens with one attached hydrogen (secondary N) is 1. The molecule has 0 atom stereocenters. The lowest BCUT2D eigenvalue weighted by Gasteiger charge is -2.27. The van der Waals surface area contributed by atoms with E-state index in [2.05, 4.69) is 5.32 Å². The predicted octanol–water partition coefficient (Wildman–Crippen LogP) is 2.57. The van der Waals surface area contributed by atoms with Crippen molar-refractivity contribution < 1.29 is 27.2 Å². The summed E-state index contributed by atoms with van der Waals surface area (Å²) in [7, 11) is -3.82. The van der Waals surface area contributed by atoms with E-state index < -0.39 is 27.9 Å². The molecule has 1 fully saturated rings. The van der Waals surface area contributed by atoms with Crippen LogP contribution in [0.3, 0.4) is 0 Å². The van der Waals surface area contributed by atoms with Gasteiger partial charge >= 0.3 is 6.03 Å². The predicted molar refractivity (Wildman–Crippen MR) is 116 cm³/mol. The van der Waals surface area contributed by atoms with E-state index in [4.69, 9.17) is 9.56 Å². The van der Waals surface area contributed by atoms with E-state index in [0.717, 1.165) is 4.90 Å². The van der Waals surface area contributed by atoms with Crippen LogP contribution < -0.4 is 15.4 Å². The van der Waals surface area contributed by atoms with Crippen LogP contribution in [-0.2, 0) is 19.6 Å². The Kier molecular flexibility index (Phi) is 5.25. The third kappa shape index (κ3) is 3.96. The number of carbonyl (C=O) groups excluding carboxylic acids is 3. The average Bonchev–Trinajstić information content (AvgIpc) is 3.20. The molecule has 3 aromatic rings. The number of para-hydroxylation sites is 1. The SMILES string of the molecule is Cc1ccccc1N1C(=O)NC(=O)C(=Cc2ccc(-c3ccc(S(N)(=O)=O)cc3)o2)C1=O.